The summed E-state index contributed by atoms with van der Waals surface area (Å²) in [5.41, 5.74) is 0.807. The van der Waals surface area contributed by atoms with E-state index in [9.17, 15) is 9.59 Å². The van der Waals surface area contributed by atoms with Crippen LogP contribution in [0.4, 0.5) is 4.79 Å². The highest BCUT2D eigenvalue weighted by Crippen LogP contribution is 2.32. The van der Waals surface area contributed by atoms with Gasteiger partial charge in [0.2, 0.25) is 5.91 Å². The van der Waals surface area contributed by atoms with Gasteiger partial charge in [0.1, 0.15) is 18.1 Å². The molecule has 8 heteroatoms. The fraction of sp³-hybridized carbons (Fsp3) is 0.188. The zero-order chi connectivity index (χ0) is 17.1. The summed E-state index contributed by atoms with van der Waals surface area (Å²) in [7, 11) is 3.13. The summed E-state index contributed by atoms with van der Waals surface area (Å²) < 4.78 is 16.1. The molecule has 0 atom stereocenters. The molecule has 3 amide bonds. The van der Waals surface area contributed by atoms with E-state index < -0.39 is 6.03 Å². The third kappa shape index (κ3) is 3.07. The van der Waals surface area contributed by atoms with Crippen LogP contribution in [0.3, 0.4) is 0 Å². The Morgan fingerprint density at radius 2 is 1.96 bits per heavy atom. The molecule has 1 fully saturated rings. The highest BCUT2D eigenvalue weighted by atomic mass is 16.5. The first-order valence-electron chi connectivity index (χ1n) is 7.08. The molecular formula is C16H15N3O5. The van der Waals surface area contributed by atoms with Gasteiger partial charge in [-0.05, 0) is 30.3 Å². The maximum absolute atomic E-state index is 11.4. The number of hydrogen-bond donors (Lipinski definition) is 1. The van der Waals surface area contributed by atoms with Crippen molar-refractivity contribution in [3.05, 3.63) is 36.1 Å². The van der Waals surface area contributed by atoms with E-state index in [1.165, 1.54) is 6.21 Å². The molecule has 0 spiro atoms. The molecular weight excluding hydrogens is 314 g/mol. The van der Waals surface area contributed by atoms with Crippen molar-refractivity contribution in [3.63, 3.8) is 0 Å². The van der Waals surface area contributed by atoms with Crippen molar-refractivity contribution in [1.29, 1.82) is 0 Å². The second-order valence-corrected chi connectivity index (χ2v) is 4.93. The van der Waals surface area contributed by atoms with Crippen LogP contribution in [0.15, 0.2) is 39.9 Å². The van der Waals surface area contributed by atoms with E-state index in [1.807, 2.05) is 6.07 Å². The van der Waals surface area contributed by atoms with Crippen LogP contribution in [0, 0.1) is 0 Å². The lowest BCUT2D eigenvalue weighted by Gasteiger charge is -2.08. The molecule has 3 rings (SSSR count). The Hall–Kier alpha value is -3.29. The minimum Gasteiger partial charge on any atom is -0.493 e. The number of methoxy groups -OCH3 is 2. The molecule has 0 aliphatic carbocycles. The van der Waals surface area contributed by atoms with E-state index >= 15 is 0 Å². The summed E-state index contributed by atoms with van der Waals surface area (Å²) in [6.07, 6.45) is 1.38. The van der Waals surface area contributed by atoms with E-state index in [1.54, 1.807) is 38.5 Å². The van der Waals surface area contributed by atoms with Crippen LogP contribution in [-0.2, 0) is 4.79 Å². The summed E-state index contributed by atoms with van der Waals surface area (Å²) >= 11 is 0. The van der Waals surface area contributed by atoms with E-state index in [-0.39, 0.29) is 12.5 Å². The van der Waals surface area contributed by atoms with Crippen molar-refractivity contribution in [2.24, 2.45) is 5.10 Å². The smallest absolute Gasteiger partial charge is 0.344 e. The number of imide groups is 1. The number of ether oxygens (including phenoxy) is 2. The minimum atomic E-state index is -0.553. The number of hydrogen-bond acceptors (Lipinski definition) is 6. The van der Waals surface area contributed by atoms with Gasteiger partial charge in [0.25, 0.3) is 0 Å². The highest BCUT2D eigenvalue weighted by molar-refractivity contribution is 6.02. The van der Waals surface area contributed by atoms with Crippen molar-refractivity contribution in [2.75, 3.05) is 20.8 Å². The number of rotatable bonds is 5. The zero-order valence-corrected chi connectivity index (χ0v) is 13.1. The van der Waals surface area contributed by atoms with Gasteiger partial charge in [0.15, 0.2) is 11.5 Å². The summed E-state index contributed by atoms with van der Waals surface area (Å²) in [6.45, 7) is -0.0986. The lowest BCUT2D eigenvalue weighted by molar-refractivity contribution is -0.118. The van der Waals surface area contributed by atoms with E-state index in [4.69, 9.17) is 13.9 Å². The molecule has 24 heavy (non-hydrogen) atoms. The minimum absolute atomic E-state index is 0.0986. The van der Waals surface area contributed by atoms with Crippen LogP contribution < -0.4 is 14.8 Å². The summed E-state index contributed by atoms with van der Waals surface area (Å²) in [5.74, 6) is 1.89. The molecule has 1 aromatic carbocycles. The SMILES string of the molecule is COc1ccc(-c2ccc(/C=N/N3CC(=O)NC3=O)o2)cc1OC. The van der Waals surface area contributed by atoms with Gasteiger partial charge >= 0.3 is 6.03 Å². The van der Waals surface area contributed by atoms with Crippen LogP contribution in [0.5, 0.6) is 11.5 Å². The topological polar surface area (TPSA) is 93.4 Å². The van der Waals surface area contributed by atoms with Crippen LogP contribution >= 0.6 is 0 Å². The highest BCUT2D eigenvalue weighted by Gasteiger charge is 2.26. The largest absolute Gasteiger partial charge is 0.493 e. The molecule has 8 nitrogen and oxygen atoms in total. The number of amides is 3. The normalized spacial score (nSPS) is 14.3. The summed E-state index contributed by atoms with van der Waals surface area (Å²) in [4.78, 5) is 22.5. The summed E-state index contributed by atoms with van der Waals surface area (Å²) in [6, 6.07) is 8.36. The standard InChI is InChI=1S/C16H15N3O5/c1-22-13-5-3-10(7-14(13)23-2)12-6-4-11(24-12)8-17-19-9-15(20)18-16(19)21/h3-8H,9H2,1-2H3,(H,18,20,21)/b17-8+. The quantitative estimate of drug-likeness (QED) is 0.667. The van der Waals surface area contributed by atoms with Gasteiger partial charge in [-0.2, -0.15) is 5.10 Å². The number of benzene rings is 1. The Morgan fingerprint density at radius 3 is 2.62 bits per heavy atom. The Balaban J connectivity index is 1.78. The van der Waals surface area contributed by atoms with E-state index in [0.29, 0.717) is 23.0 Å². The first-order valence-corrected chi connectivity index (χ1v) is 7.08. The molecule has 1 aromatic heterocycles. The van der Waals surface area contributed by atoms with Gasteiger partial charge < -0.3 is 13.9 Å². The molecule has 0 bridgehead atoms. The molecule has 0 unspecified atom stereocenters. The average Bonchev–Trinajstić information content (AvgIpc) is 3.18. The monoisotopic (exact) mass is 329 g/mol. The molecule has 2 heterocycles. The van der Waals surface area contributed by atoms with E-state index in [2.05, 4.69) is 10.4 Å². The molecule has 0 saturated carbocycles. The van der Waals surface area contributed by atoms with Gasteiger partial charge in [-0.3, -0.25) is 10.1 Å². The lowest BCUT2D eigenvalue weighted by Crippen LogP contribution is -2.24. The van der Waals surface area contributed by atoms with E-state index in [0.717, 1.165) is 10.6 Å². The van der Waals surface area contributed by atoms with Crippen molar-refractivity contribution in [3.8, 4) is 22.8 Å². The molecule has 1 aliphatic rings. The zero-order valence-electron chi connectivity index (χ0n) is 13.1. The van der Waals surface area contributed by atoms with Crippen molar-refractivity contribution >= 4 is 18.2 Å². The molecule has 0 radical (unpaired) electrons. The fourth-order valence-electron chi connectivity index (χ4n) is 2.22. The Morgan fingerprint density at radius 1 is 1.17 bits per heavy atom. The van der Waals surface area contributed by atoms with Crippen LogP contribution in [0.1, 0.15) is 5.76 Å². The third-order valence-electron chi connectivity index (χ3n) is 3.39. The van der Waals surface area contributed by atoms with Crippen LogP contribution in [-0.4, -0.2) is 43.9 Å². The molecule has 2 aromatic rings. The summed E-state index contributed by atoms with van der Waals surface area (Å²) in [5, 5.41) is 7.09. The average molecular weight is 329 g/mol. The molecule has 124 valence electrons. The number of nitrogens with zero attached hydrogens (tertiary/aromatic N) is 2. The van der Waals surface area contributed by atoms with Crippen molar-refractivity contribution < 1.29 is 23.5 Å². The second-order valence-electron chi connectivity index (χ2n) is 4.93. The fourth-order valence-corrected chi connectivity index (χ4v) is 2.22. The number of hydrazone groups is 1. The molecule has 1 N–H and O–H groups in total. The predicted molar refractivity (Wildman–Crippen MR) is 85.1 cm³/mol. The van der Waals surface area contributed by atoms with Gasteiger partial charge in [0.05, 0.1) is 20.4 Å². The first-order chi connectivity index (χ1) is 11.6. The lowest BCUT2D eigenvalue weighted by atomic mass is 10.1. The van der Waals surface area contributed by atoms with Crippen LogP contribution in [0.2, 0.25) is 0 Å². The van der Waals surface area contributed by atoms with Gasteiger partial charge in [-0.25, -0.2) is 9.80 Å². The second kappa shape index (κ2) is 6.45. The predicted octanol–water partition coefficient (Wildman–Crippen LogP) is 1.85. The molecule has 1 saturated heterocycles. The number of furan rings is 1. The number of nitrogens with one attached hydrogen (secondary N) is 1. The third-order valence-corrected chi connectivity index (χ3v) is 3.39. The number of urea groups is 1. The van der Waals surface area contributed by atoms with Crippen molar-refractivity contribution in [1.82, 2.24) is 10.3 Å². The van der Waals surface area contributed by atoms with Crippen molar-refractivity contribution in [2.45, 2.75) is 0 Å². The maximum atomic E-state index is 11.4. The Bertz CT molecular complexity index is 812. The molecule has 1 aliphatic heterocycles. The van der Waals surface area contributed by atoms with Gasteiger partial charge in [-0.15, -0.1) is 0 Å². The first kappa shape index (κ1) is 15.6. The number of carbonyl (C=O) groups excluding carboxylic acids is 2. The van der Waals surface area contributed by atoms with Crippen LogP contribution in [0.25, 0.3) is 11.3 Å². The Kier molecular flexibility index (Phi) is 4.19. The Labute approximate surface area is 137 Å². The van der Waals surface area contributed by atoms with Gasteiger partial charge in [-0.1, -0.05) is 0 Å². The maximum Gasteiger partial charge on any atom is 0.344 e. The van der Waals surface area contributed by atoms with Gasteiger partial charge in [0, 0.05) is 5.56 Å². The number of carbonyl (C=O) groups is 2.